The fourth-order valence-electron chi connectivity index (χ4n) is 1.82. The highest BCUT2D eigenvalue weighted by molar-refractivity contribution is 5.96. The summed E-state index contributed by atoms with van der Waals surface area (Å²) in [6.07, 6.45) is 2.15. The van der Waals surface area contributed by atoms with E-state index < -0.39 is 5.41 Å². The van der Waals surface area contributed by atoms with E-state index in [1.807, 2.05) is 6.92 Å². The lowest BCUT2D eigenvalue weighted by Crippen LogP contribution is -2.48. The van der Waals surface area contributed by atoms with Crippen molar-refractivity contribution in [2.75, 3.05) is 6.54 Å². The molecule has 3 heteroatoms. The number of amides is 1. The summed E-state index contributed by atoms with van der Waals surface area (Å²) in [6, 6.07) is 0. The van der Waals surface area contributed by atoms with Gasteiger partial charge in [0.05, 0.1) is 12.0 Å². The molecule has 1 rings (SSSR count). The Bertz CT molecular complexity index is 278. The summed E-state index contributed by atoms with van der Waals surface area (Å²) in [5, 5.41) is 2.67. The van der Waals surface area contributed by atoms with Gasteiger partial charge < -0.3 is 5.32 Å². The van der Waals surface area contributed by atoms with E-state index in [2.05, 4.69) is 26.1 Å². The van der Waals surface area contributed by atoms with Crippen molar-refractivity contribution in [2.24, 2.45) is 10.8 Å². The Kier molecular flexibility index (Phi) is 3.22. The van der Waals surface area contributed by atoms with Gasteiger partial charge in [0, 0.05) is 6.42 Å². The van der Waals surface area contributed by atoms with E-state index in [0.717, 1.165) is 12.8 Å². The van der Waals surface area contributed by atoms with Gasteiger partial charge in [-0.15, -0.1) is 0 Å². The molecule has 0 saturated carbocycles. The second-order valence-electron chi connectivity index (χ2n) is 6.02. The zero-order chi connectivity index (χ0) is 11.7. The highest BCUT2D eigenvalue weighted by Gasteiger charge is 2.39. The van der Waals surface area contributed by atoms with Crippen molar-refractivity contribution in [3.8, 4) is 0 Å². The Balaban J connectivity index is 2.63. The summed E-state index contributed by atoms with van der Waals surface area (Å²) >= 11 is 0. The number of hydrogen-bond donors (Lipinski definition) is 1. The third-order valence-electron chi connectivity index (χ3n) is 3.01. The number of piperidine rings is 1. The molecule has 0 aliphatic carbocycles. The first kappa shape index (κ1) is 12.2. The molecule has 86 valence electrons. The fraction of sp³-hybridized carbons (Fsp3) is 0.833. The normalized spacial score (nSPS) is 27.7. The van der Waals surface area contributed by atoms with Crippen molar-refractivity contribution in [1.29, 1.82) is 0 Å². The molecular formula is C12H21NO2. The summed E-state index contributed by atoms with van der Waals surface area (Å²) in [5.74, 6) is 0.178. The minimum absolute atomic E-state index is 0.0337. The van der Waals surface area contributed by atoms with Crippen molar-refractivity contribution in [2.45, 2.75) is 47.0 Å². The summed E-state index contributed by atoms with van der Waals surface area (Å²) in [7, 11) is 0. The van der Waals surface area contributed by atoms with E-state index in [1.165, 1.54) is 0 Å². The predicted octanol–water partition coefficient (Wildman–Crippen LogP) is 1.91. The van der Waals surface area contributed by atoms with Crippen LogP contribution in [0, 0.1) is 10.8 Å². The summed E-state index contributed by atoms with van der Waals surface area (Å²) in [6.45, 7) is 8.56. The minimum Gasteiger partial charge on any atom is -0.349 e. The highest BCUT2D eigenvalue weighted by Crippen LogP contribution is 2.35. The van der Waals surface area contributed by atoms with Crippen LogP contribution in [0.25, 0.3) is 0 Å². The largest absolute Gasteiger partial charge is 0.349 e. The second-order valence-corrected chi connectivity index (χ2v) is 6.02. The lowest BCUT2D eigenvalue weighted by atomic mass is 9.74. The number of nitrogens with one attached hydrogen (secondary N) is 1. The van der Waals surface area contributed by atoms with Gasteiger partial charge in [0.1, 0.15) is 0 Å². The highest BCUT2D eigenvalue weighted by atomic mass is 16.2. The maximum Gasteiger partial charge on any atom is 0.226 e. The molecule has 0 aromatic heterocycles. The van der Waals surface area contributed by atoms with Gasteiger partial charge in [-0.2, -0.15) is 0 Å². The van der Waals surface area contributed by atoms with Gasteiger partial charge in [0.15, 0.2) is 5.78 Å². The van der Waals surface area contributed by atoms with Crippen LogP contribution in [-0.4, -0.2) is 18.2 Å². The molecule has 0 bridgehead atoms. The Morgan fingerprint density at radius 1 is 1.33 bits per heavy atom. The number of ketones is 1. The minimum atomic E-state index is -0.484. The van der Waals surface area contributed by atoms with Crippen LogP contribution in [0.2, 0.25) is 0 Å². The van der Waals surface area contributed by atoms with Crippen molar-refractivity contribution >= 4 is 11.7 Å². The molecule has 1 fully saturated rings. The molecule has 1 atom stereocenters. The molecule has 0 aromatic rings. The molecule has 15 heavy (non-hydrogen) atoms. The molecule has 1 saturated heterocycles. The molecule has 0 spiro atoms. The van der Waals surface area contributed by atoms with Crippen molar-refractivity contribution in [1.82, 2.24) is 5.32 Å². The van der Waals surface area contributed by atoms with Crippen LogP contribution < -0.4 is 5.32 Å². The number of hydrogen-bond acceptors (Lipinski definition) is 2. The number of rotatable bonds is 2. The molecule has 0 radical (unpaired) electrons. The third kappa shape index (κ3) is 3.33. The van der Waals surface area contributed by atoms with Gasteiger partial charge in [-0.05, 0) is 18.3 Å². The molecule has 1 aliphatic heterocycles. The fourth-order valence-corrected chi connectivity index (χ4v) is 1.82. The monoisotopic (exact) mass is 211 g/mol. The molecule has 1 aliphatic rings. The third-order valence-corrected chi connectivity index (χ3v) is 3.01. The van der Waals surface area contributed by atoms with Crippen LogP contribution in [0.1, 0.15) is 47.0 Å². The van der Waals surface area contributed by atoms with Crippen molar-refractivity contribution in [3.05, 3.63) is 0 Å². The average molecular weight is 211 g/mol. The summed E-state index contributed by atoms with van der Waals surface area (Å²) in [5.41, 5.74) is -0.271. The van der Waals surface area contributed by atoms with Crippen molar-refractivity contribution < 1.29 is 9.59 Å². The van der Waals surface area contributed by atoms with E-state index in [0.29, 0.717) is 6.42 Å². The SMILES string of the molecule is CC(C)(C)CCC1(C)CC(=O)CNC1=O. The average Bonchev–Trinajstić information content (AvgIpc) is 2.08. The molecule has 1 unspecified atom stereocenters. The predicted molar refractivity (Wildman–Crippen MR) is 59.4 cm³/mol. The van der Waals surface area contributed by atoms with E-state index in [9.17, 15) is 9.59 Å². The first-order chi connectivity index (χ1) is 6.73. The van der Waals surface area contributed by atoms with Crippen LogP contribution >= 0.6 is 0 Å². The van der Waals surface area contributed by atoms with E-state index in [1.54, 1.807) is 0 Å². The topological polar surface area (TPSA) is 46.2 Å². The Hall–Kier alpha value is -0.860. The van der Waals surface area contributed by atoms with Crippen LogP contribution in [0.4, 0.5) is 0 Å². The van der Waals surface area contributed by atoms with E-state index >= 15 is 0 Å². The maximum absolute atomic E-state index is 11.7. The molecule has 0 aromatic carbocycles. The molecule has 1 N–H and O–H groups in total. The smallest absolute Gasteiger partial charge is 0.226 e. The molecule has 1 heterocycles. The zero-order valence-electron chi connectivity index (χ0n) is 10.1. The number of Topliss-reactive ketones (excluding diaryl/α,β-unsaturated/α-hetero) is 1. The van der Waals surface area contributed by atoms with E-state index in [-0.39, 0.29) is 23.7 Å². The molecular weight excluding hydrogens is 190 g/mol. The van der Waals surface area contributed by atoms with Crippen LogP contribution in [-0.2, 0) is 9.59 Å². The van der Waals surface area contributed by atoms with Gasteiger partial charge in [-0.3, -0.25) is 9.59 Å². The first-order valence-corrected chi connectivity index (χ1v) is 5.53. The van der Waals surface area contributed by atoms with Crippen LogP contribution in [0.15, 0.2) is 0 Å². The second kappa shape index (κ2) is 3.95. The van der Waals surface area contributed by atoms with Gasteiger partial charge in [-0.1, -0.05) is 27.7 Å². The lowest BCUT2D eigenvalue weighted by Gasteiger charge is -2.33. The lowest BCUT2D eigenvalue weighted by molar-refractivity contribution is -0.140. The Labute approximate surface area is 91.6 Å². The van der Waals surface area contributed by atoms with Gasteiger partial charge in [0.25, 0.3) is 0 Å². The maximum atomic E-state index is 11.7. The first-order valence-electron chi connectivity index (χ1n) is 5.53. The number of carbonyl (C=O) groups is 2. The van der Waals surface area contributed by atoms with Crippen molar-refractivity contribution in [3.63, 3.8) is 0 Å². The summed E-state index contributed by atoms with van der Waals surface area (Å²) < 4.78 is 0. The van der Waals surface area contributed by atoms with Gasteiger partial charge >= 0.3 is 0 Å². The zero-order valence-corrected chi connectivity index (χ0v) is 10.1. The number of carbonyl (C=O) groups excluding carboxylic acids is 2. The van der Waals surface area contributed by atoms with Gasteiger partial charge in [-0.25, -0.2) is 0 Å². The van der Waals surface area contributed by atoms with E-state index in [4.69, 9.17) is 0 Å². The Morgan fingerprint density at radius 3 is 2.47 bits per heavy atom. The molecule has 3 nitrogen and oxygen atoms in total. The quantitative estimate of drug-likeness (QED) is 0.758. The summed E-state index contributed by atoms with van der Waals surface area (Å²) in [4.78, 5) is 23.0. The van der Waals surface area contributed by atoms with Gasteiger partial charge in [0.2, 0.25) is 5.91 Å². The molecule has 1 amide bonds. The standard InChI is InChI=1S/C12H21NO2/c1-11(2,3)5-6-12(4)7-9(14)8-13-10(12)15/h5-8H2,1-4H3,(H,13,15). The van der Waals surface area contributed by atoms with Crippen LogP contribution in [0.5, 0.6) is 0 Å². The van der Waals surface area contributed by atoms with Crippen LogP contribution in [0.3, 0.4) is 0 Å². The Morgan fingerprint density at radius 2 is 1.93 bits per heavy atom.